The van der Waals surface area contributed by atoms with E-state index in [2.05, 4.69) is 46.5 Å². The summed E-state index contributed by atoms with van der Waals surface area (Å²) in [6.45, 7) is 6.55. The zero-order valence-electron chi connectivity index (χ0n) is 8.55. The Balaban J connectivity index is 2.99. The Labute approximate surface area is 88.5 Å². The summed E-state index contributed by atoms with van der Waals surface area (Å²) in [5.74, 6) is 0. The summed E-state index contributed by atoms with van der Waals surface area (Å²) in [6, 6.07) is 0.467. The number of rotatable bonds is 4. The maximum atomic E-state index is 4.39. The molecule has 1 aromatic heterocycles. The van der Waals surface area contributed by atoms with Crippen LogP contribution in [0.2, 0.25) is 0 Å². The van der Waals surface area contributed by atoms with Gasteiger partial charge in [0, 0.05) is 22.6 Å². The van der Waals surface area contributed by atoms with E-state index < -0.39 is 0 Å². The van der Waals surface area contributed by atoms with Crippen molar-refractivity contribution in [3.05, 3.63) is 17.5 Å². The summed E-state index contributed by atoms with van der Waals surface area (Å²) in [4.78, 5) is 0. The van der Waals surface area contributed by atoms with Crippen LogP contribution in [0.15, 0.2) is 6.20 Å². The number of alkyl halides is 1. The minimum absolute atomic E-state index is 0.467. The SMILES string of the molecule is CCCc1c(CBr)cnn1C(C)C. The zero-order valence-corrected chi connectivity index (χ0v) is 10.1. The Morgan fingerprint density at radius 1 is 1.54 bits per heavy atom. The first-order valence-electron chi connectivity index (χ1n) is 4.81. The van der Waals surface area contributed by atoms with Gasteiger partial charge >= 0.3 is 0 Å². The Hall–Kier alpha value is -0.310. The van der Waals surface area contributed by atoms with Crippen LogP contribution in [0.4, 0.5) is 0 Å². The van der Waals surface area contributed by atoms with Gasteiger partial charge < -0.3 is 0 Å². The summed E-state index contributed by atoms with van der Waals surface area (Å²) < 4.78 is 2.13. The van der Waals surface area contributed by atoms with Gasteiger partial charge in [-0.05, 0) is 20.3 Å². The van der Waals surface area contributed by atoms with Crippen molar-refractivity contribution >= 4 is 15.9 Å². The lowest BCUT2D eigenvalue weighted by atomic mass is 10.2. The maximum Gasteiger partial charge on any atom is 0.0533 e. The van der Waals surface area contributed by atoms with Gasteiger partial charge in [0.05, 0.1) is 6.20 Å². The molecule has 0 radical (unpaired) electrons. The van der Waals surface area contributed by atoms with E-state index in [0.29, 0.717) is 6.04 Å². The first kappa shape index (κ1) is 10.8. The molecular weight excluding hydrogens is 228 g/mol. The first-order chi connectivity index (χ1) is 6.20. The molecule has 1 aromatic rings. The average Bonchev–Trinajstić information content (AvgIpc) is 2.48. The van der Waals surface area contributed by atoms with E-state index in [4.69, 9.17) is 0 Å². The van der Waals surface area contributed by atoms with E-state index in [0.717, 1.165) is 11.8 Å². The van der Waals surface area contributed by atoms with Gasteiger partial charge in [-0.2, -0.15) is 5.10 Å². The van der Waals surface area contributed by atoms with Crippen LogP contribution in [0.25, 0.3) is 0 Å². The lowest BCUT2D eigenvalue weighted by Gasteiger charge is -2.11. The van der Waals surface area contributed by atoms with Crippen LogP contribution in [0.5, 0.6) is 0 Å². The molecular formula is C10H17BrN2. The molecule has 3 heteroatoms. The van der Waals surface area contributed by atoms with Crippen molar-refractivity contribution in [1.29, 1.82) is 0 Å². The van der Waals surface area contributed by atoms with Crippen LogP contribution in [0.3, 0.4) is 0 Å². The second kappa shape index (κ2) is 4.80. The number of hydrogen-bond donors (Lipinski definition) is 0. The lowest BCUT2D eigenvalue weighted by Crippen LogP contribution is -2.08. The molecule has 13 heavy (non-hydrogen) atoms. The normalized spacial score (nSPS) is 11.2. The minimum Gasteiger partial charge on any atom is -0.267 e. The van der Waals surface area contributed by atoms with E-state index in [-0.39, 0.29) is 0 Å². The fraction of sp³-hybridized carbons (Fsp3) is 0.700. The molecule has 1 rings (SSSR count). The van der Waals surface area contributed by atoms with Crippen molar-refractivity contribution < 1.29 is 0 Å². The van der Waals surface area contributed by atoms with Gasteiger partial charge in [-0.3, -0.25) is 4.68 Å². The molecule has 0 aliphatic heterocycles. The van der Waals surface area contributed by atoms with Gasteiger partial charge in [-0.1, -0.05) is 29.3 Å². The summed E-state index contributed by atoms with van der Waals surface area (Å²) >= 11 is 3.49. The molecule has 0 amide bonds. The smallest absolute Gasteiger partial charge is 0.0533 e. The van der Waals surface area contributed by atoms with Gasteiger partial charge in [0.25, 0.3) is 0 Å². The topological polar surface area (TPSA) is 17.8 Å². The summed E-state index contributed by atoms with van der Waals surface area (Å²) in [6.07, 6.45) is 4.28. The lowest BCUT2D eigenvalue weighted by molar-refractivity contribution is 0.506. The summed E-state index contributed by atoms with van der Waals surface area (Å²) in [7, 11) is 0. The molecule has 0 bridgehead atoms. The number of nitrogens with zero attached hydrogens (tertiary/aromatic N) is 2. The molecule has 0 unspecified atom stereocenters. The fourth-order valence-electron chi connectivity index (χ4n) is 1.49. The average molecular weight is 245 g/mol. The van der Waals surface area contributed by atoms with Gasteiger partial charge in [0.1, 0.15) is 0 Å². The fourth-order valence-corrected chi connectivity index (χ4v) is 1.96. The predicted octanol–water partition coefficient (Wildman–Crippen LogP) is 3.31. The molecule has 0 aliphatic carbocycles. The standard InChI is InChI=1S/C10H17BrN2/c1-4-5-10-9(6-11)7-12-13(10)8(2)3/h7-8H,4-6H2,1-3H3. The van der Waals surface area contributed by atoms with E-state index in [1.807, 2.05) is 6.20 Å². The predicted molar refractivity (Wildman–Crippen MR) is 59.2 cm³/mol. The van der Waals surface area contributed by atoms with Crippen LogP contribution >= 0.6 is 15.9 Å². The van der Waals surface area contributed by atoms with Crippen molar-refractivity contribution in [3.8, 4) is 0 Å². The molecule has 0 atom stereocenters. The third-order valence-electron chi connectivity index (χ3n) is 2.11. The first-order valence-corrected chi connectivity index (χ1v) is 5.94. The molecule has 0 aliphatic rings. The molecule has 0 spiro atoms. The highest BCUT2D eigenvalue weighted by Gasteiger charge is 2.10. The van der Waals surface area contributed by atoms with Crippen LogP contribution < -0.4 is 0 Å². The van der Waals surface area contributed by atoms with Gasteiger partial charge in [-0.25, -0.2) is 0 Å². The minimum atomic E-state index is 0.467. The number of hydrogen-bond acceptors (Lipinski definition) is 1. The van der Waals surface area contributed by atoms with Crippen molar-refractivity contribution in [2.24, 2.45) is 0 Å². The monoisotopic (exact) mass is 244 g/mol. The molecule has 0 aromatic carbocycles. The van der Waals surface area contributed by atoms with Crippen molar-refractivity contribution in [3.63, 3.8) is 0 Å². The zero-order chi connectivity index (χ0) is 9.84. The molecule has 0 saturated heterocycles. The van der Waals surface area contributed by atoms with Crippen LogP contribution in [0, 0.1) is 0 Å². The molecule has 74 valence electrons. The van der Waals surface area contributed by atoms with Crippen LogP contribution in [-0.4, -0.2) is 9.78 Å². The largest absolute Gasteiger partial charge is 0.267 e. The number of halogens is 1. The molecule has 0 fully saturated rings. The third-order valence-corrected chi connectivity index (χ3v) is 2.71. The van der Waals surface area contributed by atoms with Crippen molar-refractivity contribution in [2.75, 3.05) is 0 Å². The second-order valence-corrected chi connectivity index (χ2v) is 4.10. The van der Waals surface area contributed by atoms with Crippen molar-refractivity contribution in [2.45, 2.75) is 45.0 Å². The Morgan fingerprint density at radius 2 is 2.23 bits per heavy atom. The van der Waals surface area contributed by atoms with E-state index in [1.54, 1.807) is 0 Å². The van der Waals surface area contributed by atoms with Crippen LogP contribution in [0.1, 0.15) is 44.5 Å². The molecule has 0 N–H and O–H groups in total. The maximum absolute atomic E-state index is 4.39. The quantitative estimate of drug-likeness (QED) is 0.744. The van der Waals surface area contributed by atoms with Crippen LogP contribution in [-0.2, 0) is 11.8 Å². The van der Waals surface area contributed by atoms with E-state index in [1.165, 1.54) is 17.7 Å². The van der Waals surface area contributed by atoms with Gasteiger partial charge in [-0.15, -0.1) is 0 Å². The van der Waals surface area contributed by atoms with Gasteiger partial charge in [0.15, 0.2) is 0 Å². The summed E-state index contributed by atoms with van der Waals surface area (Å²) in [5.41, 5.74) is 2.71. The number of aromatic nitrogens is 2. The Bertz CT molecular complexity index is 266. The van der Waals surface area contributed by atoms with E-state index in [9.17, 15) is 0 Å². The van der Waals surface area contributed by atoms with Gasteiger partial charge in [0.2, 0.25) is 0 Å². The Morgan fingerprint density at radius 3 is 2.69 bits per heavy atom. The molecule has 0 saturated carbocycles. The highest BCUT2D eigenvalue weighted by molar-refractivity contribution is 9.08. The third kappa shape index (κ3) is 2.33. The highest BCUT2D eigenvalue weighted by Crippen LogP contribution is 2.17. The Kier molecular flexibility index (Phi) is 3.97. The summed E-state index contributed by atoms with van der Waals surface area (Å²) in [5, 5.41) is 5.30. The van der Waals surface area contributed by atoms with Crippen molar-refractivity contribution in [1.82, 2.24) is 9.78 Å². The molecule has 2 nitrogen and oxygen atoms in total. The molecule has 1 heterocycles. The highest BCUT2D eigenvalue weighted by atomic mass is 79.9. The second-order valence-electron chi connectivity index (χ2n) is 3.54. The van der Waals surface area contributed by atoms with E-state index >= 15 is 0 Å².